The van der Waals surface area contributed by atoms with Crippen LogP contribution < -0.4 is 9.47 Å². The minimum Gasteiger partial charge on any atom is -0.507 e. The van der Waals surface area contributed by atoms with Crippen LogP contribution in [0.25, 0.3) is 0 Å². The molecule has 1 aromatic rings. The predicted octanol–water partition coefficient (Wildman–Crippen LogP) is 2.93. The van der Waals surface area contributed by atoms with E-state index in [-0.39, 0.29) is 11.6 Å². The normalized spacial score (nSPS) is 10.1. The molecule has 0 spiro atoms. The number of benzene rings is 1. The van der Waals surface area contributed by atoms with Crippen LogP contribution in [-0.2, 0) is 5.88 Å². The van der Waals surface area contributed by atoms with E-state index in [1.165, 1.54) is 0 Å². The van der Waals surface area contributed by atoms with E-state index in [2.05, 4.69) is 0 Å². The molecule has 0 aliphatic rings. The monoisotopic (exact) mass is 230 g/mol. The maximum Gasteiger partial charge on any atom is 0.131 e. The Morgan fingerprint density at radius 2 is 1.87 bits per heavy atom. The van der Waals surface area contributed by atoms with Gasteiger partial charge in [-0.2, -0.15) is 0 Å². The average Bonchev–Trinajstić information content (AvgIpc) is 2.18. The van der Waals surface area contributed by atoms with Gasteiger partial charge in [-0.25, -0.2) is 0 Å². The first-order valence-corrected chi connectivity index (χ1v) is 5.43. The second-order valence-corrected chi connectivity index (χ2v) is 3.19. The van der Waals surface area contributed by atoms with E-state index in [0.29, 0.717) is 30.3 Å². The number of hydrogen-bond donors (Lipinski definition) is 1. The van der Waals surface area contributed by atoms with Gasteiger partial charge >= 0.3 is 0 Å². The molecule has 0 amide bonds. The summed E-state index contributed by atoms with van der Waals surface area (Å²) in [6, 6.07) is 3.29. The van der Waals surface area contributed by atoms with E-state index >= 15 is 0 Å². The topological polar surface area (TPSA) is 38.7 Å². The molecule has 0 saturated heterocycles. The van der Waals surface area contributed by atoms with Gasteiger partial charge in [0.2, 0.25) is 0 Å². The van der Waals surface area contributed by atoms with E-state index < -0.39 is 0 Å². The predicted molar refractivity (Wildman–Crippen MR) is 60.0 cm³/mol. The summed E-state index contributed by atoms with van der Waals surface area (Å²) in [7, 11) is 0. The minimum atomic E-state index is 0.111. The molecule has 0 unspecified atom stereocenters. The highest BCUT2D eigenvalue weighted by atomic mass is 35.5. The lowest BCUT2D eigenvalue weighted by atomic mass is 10.2. The molecule has 1 rings (SSSR count). The third-order valence-corrected chi connectivity index (χ3v) is 2.17. The van der Waals surface area contributed by atoms with Crippen LogP contribution in [0.4, 0.5) is 0 Å². The Balaban J connectivity index is 3.07. The van der Waals surface area contributed by atoms with Gasteiger partial charge in [0.25, 0.3) is 0 Å². The molecule has 84 valence electrons. The highest BCUT2D eigenvalue weighted by Crippen LogP contribution is 2.34. The van der Waals surface area contributed by atoms with Gasteiger partial charge in [-0.05, 0) is 13.8 Å². The highest BCUT2D eigenvalue weighted by molar-refractivity contribution is 6.17. The number of aromatic hydroxyl groups is 1. The van der Waals surface area contributed by atoms with Crippen LogP contribution >= 0.6 is 11.6 Å². The summed E-state index contributed by atoms with van der Waals surface area (Å²) in [5.74, 6) is 1.50. The number of alkyl halides is 1. The zero-order chi connectivity index (χ0) is 11.3. The van der Waals surface area contributed by atoms with E-state index in [0.717, 1.165) is 0 Å². The molecule has 0 aromatic heterocycles. The molecule has 0 fully saturated rings. The fraction of sp³-hybridized carbons (Fsp3) is 0.455. The average molecular weight is 231 g/mol. The van der Waals surface area contributed by atoms with Gasteiger partial charge in [0.1, 0.15) is 17.2 Å². The lowest BCUT2D eigenvalue weighted by Gasteiger charge is -2.12. The second-order valence-electron chi connectivity index (χ2n) is 2.92. The molecule has 0 saturated carbocycles. The quantitative estimate of drug-likeness (QED) is 0.791. The Morgan fingerprint density at radius 1 is 1.20 bits per heavy atom. The molecule has 0 atom stereocenters. The summed E-state index contributed by atoms with van der Waals surface area (Å²) < 4.78 is 10.7. The van der Waals surface area contributed by atoms with E-state index in [1.54, 1.807) is 12.1 Å². The summed E-state index contributed by atoms with van der Waals surface area (Å²) in [6.07, 6.45) is 0. The minimum absolute atomic E-state index is 0.111. The third kappa shape index (κ3) is 2.93. The van der Waals surface area contributed by atoms with Crippen LogP contribution in [-0.4, -0.2) is 18.3 Å². The van der Waals surface area contributed by atoms with E-state index in [1.807, 2.05) is 13.8 Å². The fourth-order valence-electron chi connectivity index (χ4n) is 1.27. The Kier molecular flexibility index (Phi) is 4.56. The number of rotatable bonds is 5. The fourth-order valence-corrected chi connectivity index (χ4v) is 1.54. The van der Waals surface area contributed by atoms with E-state index in [4.69, 9.17) is 21.1 Å². The molecule has 15 heavy (non-hydrogen) atoms. The third-order valence-electron chi connectivity index (χ3n) is 1.90. The Bertz CT molecular complexity index is 326. The van der Waals surface area contributed by atoms with E-state index in [9.17, 15) is 5.11 Å². The first-order valence-electron chi connectivity index (χ1n) is 4.90. The Labute approximate surface area is 94.6 Å². The van der Waals surface area contributed by atoms with Crippen LogP contribution in [0.3, 0.4) is 0 Å². The summed E-state index contributed by atoms with van der Waals surface area (Å²) in [5.41, 5.74) is 0.599. The standard InChI is InChI=1S/C11H15ClO3/c1-3-14-8-5-10(13)9(7-12)11(6-8)15-4-2/h5-6,13H,3-4,7H2,1-2H3. The van der Waals surface area contributed by atoms with Crippen molar-refractivity contribution in [3.8, 4) is 17.2 Å². The lowest BCUT2D eigenvalue weighted by Crippen LogP contribution is -1.98. The first-order chi connectivity index (χ1) is 7.22. The highest BCUT2D eigenvalue weighted by Gasteiger charge is 2.11. The smallest absolute Gasteiger partial charge is 0.131 e. The Morgan fingerprint density at radius 3 is 2.40 bits per heavy atom. The number of phenolic OH excluding ortho intramolecular Hbond substituents is 1. The summed E-state index contributed by atoms with van der Waals surface area (Å²) in [4.78, 5) is 0. The molecule has 0 radical (unpaired) electrons. The van der Waals surface area contributed by atoms with Crippen LogP contribution in [0.1, 0.15) is 19.4 Å². The van der Waals surface area contributed by atoms with Crippen molar-refractivity contribution in [2.75, 3.05) is 13.2 Å². The van der Waals surface area contributed by atoms with Crippen LogP contribution in [0.15, 0.2) is 12.1 Å². The van der Waals surface area contributed by atoms with Crippen LogP contribution in [0, 0.1) is 0 Å². The molecular weight excluding hydrogens is 216 g/mol. The maximum absolute atomic E-state index is 9.68. The van der Waals surface area contributed by atoms with Gasteiger partial charge in [-0.3, -0.25) is 0 Å². The molecule has 0 aliphatic carbocycles. The largest absolute Gasteiger partial charge is 0.507 e. The van der Waals surface area contributed by atoms with Gasteiger partial charge in [0.15, 0.2) is 0 Å². The van der Waals surface area contributed by atoms with Gasteiger partial charge in [0.05, 0.1) is 24.7 Å². The lowest BCUT2D eigenvalue weighted by molar-refractivity contribution is 0.316. The van der Waals surface area contributed by atoms with Crippen molar-refractivity contribution >= 4 is 11.6 Å². The Hall–Kier alpha value is -1.09. The van der Waals surface area contributed by atoms with Crippen molar-refractivity contribution in [1.29, 1.82) is 0 Å². The number of ether oxygens (including phenoxy) is 2. The molecule has 4 heteroatoms. The van der Waals surface area contributed by atoms with Crippen molar-refractivity contribution < 1.29 is 14.6 Å². The second kappa shape index (κ2) is 5.71. The SMILES string of the molecule is CCOc1cc(O)c(CCl)c(OCC)c1. The molecule has 1 aromatic carbocycles. The zero-order valence-corrected chi connectivity index (χ0v) is 9.67. The van der Waals surface area contributed by atoms with Crippen LogP contribution in [0.5, 0.6) is 17.2 Å². The molecule has 0 aliphatic heterocycles. The summed E-state index contributed by atoms with van der Waals surface area (Å²) in [5, 5.41) is 9.68. The summed E-state index contributed by atoms with van der Waals surface area (Å²) >= 11 is 5.72. The number of halogens is 1. The molecule has 0 bridgehead atoms. The summed E-state index contributed by atoms with van der Waals surface area (Å²) in [6.45, 7) is 4.83. The molecule has 3 nitrogen and oxygen atoms in total. The van der Waals surface area contributed by atoms with Crippen LogP contribution in [0.2, 0.25) is 0 Å². The van der Waals surface area contributed by atoms with Crippen molar-refractivity contribution in [2.24, 2.45) is 0 Å². The van der Waals surface area contributed by atoms with Gasteiger partial charge in [-0.15, -0.1) is 11.6 Å². The van der Waals surface area contributed by atoms with Crippen molar-refractivity contribution in [1.82, 2.24) is 0 Å². The van der Waals surface area contributed by atoms with Gasteiger partial charge in [0, 0.05) is 12.1 Å². The first kappa shape index (κ1) is 12.0. The number of phenols is 1. The van der Waals surface area contributed by atoms with Gasteiger partial charge in [-0.1, -0.05) is 0 Å². The van der Waals surface area contributed by atoms with Crippen molar-refractivity contribution in [2.45, 2.75) is 19.7 Å². The van der Waals surface area contributed by atoms with Gasteiger partial charge < -0.3 is 14.6 Å². The number of hydrogen-bond acceptors (Lipinski definition) is 3. The van der Waals surface area contributed by atoms with Crippen molar-refractivity contribution in [3.63, 3.8) is 0 Å². The molecule has 1 N–H and O–H groups in total. The van der Waals surface area contributed by atoms with Crippen molar-refractivity contribution in [3.05, 3.63) is 17.7 Å². The zero-order valence-electron chi connectivity index (χ0n) is 8.92. The molecule has 0 heterocycles. The molecular formula is C11H15ClO3. The maximum atomic E-state index is 9.68.